The number of carbonyl (C=O) groups excluding carboxylic acids is 5. The molecule has 35 nitrogen and oxygen atoms in total. The highest BCUT2D eigenvalue weighted by molar-refractivity contribution is 6.04. The number of benzene rings is 4. The Hall–Kier alpha value is -16.5. The van der Waals surface area contributed by atoms with E-state index in [9.17, 15) is 32.8 Å². The fourth-order valence-corrected chi connectivity index (χ4v) is 13.4. The fraction of sp³-hybridized carbons (Fsp3) is 0.189. The van der Waals surface area contributed by atoms with Crippen LogP contribution in [-0.2, 0) is 43.4 Å². The number of anilines is 20. The van der Waals surface area contributed by atoms with Gasteiger partial charge in [0.1, 0.15) is 29.8 Å². The molecule has 1 saturated heterocycles. The number of halogens is 2. The fourth-order valence-electron chi connectivity index (χ4n) is 13.4. The van der Waals surface area contributed by atoms with E-state index in [1.54, 1.807) is 101 Å². The molecule has 0 radical (unpaired) electrons. The van der Waals surface area contributed by atoms with Gasteiger partial charge in [0, 0.05) is 103 Å². The lowest BCUT2D eigenvalue weighted by molar-refractivity contribution is -0.126. The first kappa shape index (κ1) is 86.9. The van der Waals surface area contributed by atoms with Crippen molar-refractivity contribution >= 4 is 145 Å². The Morgan fingerprint density at radius 2 is 0.906 bits per heavy atom. The number of methoxy groups -OCH3 is 3. The molecule has 17 rings (SSSR count). The van der Waals surface area contributed by atoms with Crippen LogP contribution in [-0.4, -0.2) is 161 Å². The van der Waals surface area contributed by atoms with Gasteiger partial charge in [0.25, 0.3) is 5.91 Å². The van der Waals surface area contributed by atoms with Crippen LogP contribution in [0.1, 0.15) is 58.3 Å². The van der Waals surface area contributed by atoms with Crippen molar-refractivity contribution < 1.29 is 56.4 Å². The topological polar surface area (TPSA) is 407 Å². The van der Waals surface area contributed by atoms with E-state index >= 15 is 0 Å². The summed E-state index contributed by atoms with van der Waals surface area (Å²) in [6.45, 7) is 21.0. The van der Waals surface area contributed by atoms with Crippen molar-refractivity contribution in [3.63, 3.8) is 0 Å². The Morgan fingerprint density at radius 1 is 0.433 bits per heavy atom. The van der Waals surface area contributed by atoms with Crippen molar-refractivity contribution in [2.75, 3.05) is 130 Å². The number of nitrogens with zero attached hydrogens (tertiary/aromatic N) is 16. The highest BCUT2D eigenvalue weighted by Gasteiger charge is 2.30. The molecule has 37 heteroatoms. The summed E-state index contributed by atoms with van der Waals surface area (Å²) in [6.07, 6.45) is 20.1. The zero-order valence-electron chi connectivity index (χ0n) is 69.4. The molecule has 127 heavy (non-hydrogen) atoms. The molecule has 1 aliphatic carbocycles. The second-order valence-corrected chi connectivity index (χ2v) is 28.5. The predicted octanol–water partition coefficient (Wildman–Crippen LogP) is 14.8. The largest absolute Gasteiger partial charge is 0.490 e. The van der Waals surface area contributed by atoms with Gasteiger partial charge in [-0.3, -0.25) is 24.0 Å². The number of fused-ring (bicyclic) bond motifs is 3. The van der Waals surface area contributed by atoms with Gasteiger partial charge in [-0.1, -0.05) is 44.5 Å². The summed E-state index contributed by atoms with van der Waals surface area (Å²) in [5.41, 5.74) is 12.0. The third-order valence-corrected chi connectivity index (χ3v) is 19.9. The van der Waals surface area contributed by atoms with Crippen LogP contribution < -0.4 is 81.5 Å². The zero-order valence-corrected chi connectivity index (χ0v) is 69.4. The predicted molar refractivity (Wildman–Crippen MR) is 479 cm³/mol. The van der Waals surface area contributed by atoms with E-state index in [-0.39, 0.29) is 52.9 Å². The van der Waals surface area contributed by atoms with Gasteiger partial charge >= 0.3 is 0 Å². The molecule has 2 fully saturated rings. The Morgan fingerprint density at radius 3 is 1.44 bits per heavy atom. The van der Waals surface area contributed by atoms with Crippen LogP contribution in [0.4, 0.5) is 124 Å². The standard InChI is InChI=1S/C26H27N7O4.C22H22N6O2.2C21H19FN6O2/c1-3-24(35)33-10-13-37-22-6-4-18(14-21(22)33)29-25-20(17(2)34)16-28-26(31-25)30-19-5-7-23(27-15-19)32-8-11-36-12-9-32;1-3-19(29)25-15-5-4-6-16(11-15)26-21-18(14-7-8-14)13-24-22(28-21)27-17-9-10-20(30-2)23-12-17;1-3-19(29)28-11-13-4-5-15(8-14(13)12-28)25-20-17(22)10-24-21(27-20)26-16-6-7-18(30-2)23-9-16;1-3-19(29)28-9-8-13-4-5-14(10-17(13)28)25-20-16(22)12-24-21(27-20)26-15-6-7-18(30-2)23-11-15/h3-7,14-16H,1,8-13H2,2H3,(H2,28,29,30,31);3-6,9-14H,1,7-8H2,2H3,(H,25,29)(H2,24,26,27,28);3-10H,1,11-12H2,2H3,(H2,24,25,26,27);3-7,10-12H,1,8-9H2,2H3,(H2,24,25,26,27). The van der Waals surface area contributed by atoms with Crippen molar-refractivity contribution in [1.29, 1.82) is 0 Å². The maximum absolute atomic E-state index is 14.3. The molecular weight excluding hydrogens is 1630 g/mol. The van der Waals surface area contributed by atoms with Crippen molar-refractivity contribution in [2.45, 2.75) is 45.2 Å². The van der Waals surface area contributed by atoms with Crippen LogP contribution in [0, 0.1) is 11.6 Å². The van der Waals surface area contributed by atoms with Gasteiger partial charge in [-0.2, -0.15) is 19.9 Å². The summed E-state index contributed by atoms with van der Waals surface area (Å²) < 4.78 is 54.8. The number of ketones is 1. The van der Waals surface area contributed by atoms with Crippen molar-refractivity contribution in [2.24, 2.45) is 0 Å². The van der Waals surface area contributed by atoms with E-state index < -0.39 is 11.6 Å². The average Bonchev–Trinajstić information content (AvgIpc) is 1.10. The van der Waals surface area contributed by atoms with Gasteiger partial charge in [-0.05, 0) is 164 Å². The molecule has 12 aromatic rings. The normalized spacial score (nSPS) is 13.1. The minimum atomic E-state index is -0.604. The summed E-state index contributed by atoms with van der Waals surface area (Å²) in [5.74, 6) is 3.60. The van der Waals surface area contributed by atoms with Gasteiger partial charge < -0.3 is 91.1 Å². The van der Waals surface area contributed by atoms with E-state index in [2.05, 4.69) is 139 Å². The maximum Gasteiger partial charge on any atom is 0.250 e. The van der Waals surface area contributed by atoms with Gasteiger partial charge in [0.15, 0.2) is 29.1 Å². The Bertz CT molecular complexity index is 6050. The number of nitrogens with one attached hydrogen (secondary N) is 9. The number of Topliss-reactive ketones (excluding diaryl/α,β-unsaturated/α-hetero) is 1. The second-order valence-electron chi connectivity index (χ2n) is 28.5. The number of morpholine rings is 1. The molecule has 0 spiro atoms. The first-order valence-corrected chi connectivity index (χ1v) is 39.9. The minimum Gasteiger partial charge on any atom is -0.490 e. The molecule has 0 bridgehead atoms. The molecular formula is C90H87F2N25O10. The highest BCUT2D eigenvalue weighted by atomic mass is 19.1. The van der Waals surface area contributed by atoms with Gasteiger partial charge in [-0.15, -0.1) is 0 Å². The SMILES string of the molecule is C=CC(=O)N1CCOc2ccc(Nc3nc(Nc4ccc(N5CCOCC5)nc4)ncc3C(C)=O)cc21.C=CC(=O)N1CCc2ccc(Nc3nc(Nc4ccc(OC)nc4)ncc3F)cc21.C=CC(=O)N1Cc2ccc(Nc3nc(Nc4ccc(OC)nc4)ncc3F)cc2C1.C=CC(=O)Nc1cccc(Nc2nc(Nc3ccc(OC)nc3)ncc2C2CC2)c1. The lowest BCUT2D eigenvalue weighted by Crippen LogP contribution is -2.36. The zero-order chi connectivity index (χ0) is 88.9. The number of pyridine rings is 4. The van der Waals surface area contributed by atoms with E-state index in [4.69, 9.17) is 23.7 Å². The van der Waals surface area contributed by atoms with Crippen LogP contribution in [0.25, 0.3) is 0 Å². The third kappa shape index (κ3) is 22.6. The highest BCUT2D eigenvalue weighted by Crippen LogP contribution is 2.44. The van der Waals surface area contributed by atoms with Crippen LogP contribution in [0.15, 0.2) is 228 Å². The van der Waals surface area contributed by atoms with Gasteiger partial charge in [0.2, 0.25) is 59.2 Å². The number of aromatic nitrogens is 12. The van der Waals surface area contributed by atoms with E-state index in [0.29, 0.717) is 144 Å². The molecule has 0 atom stereocenters. The maximum atomic E-state index is 14.3. The van der Waals surface area contributed by atoms with E-state index in [1.807, 2.05) is 79.0 Å². The Balaban J connectivity index is 0.000000138. The monoisotopic (exact) mass is 1720 g/mol. The Labute approximate surface area is 728 Å². The average molecular weight is 1720 g/mol. The van der Waals surface area contributed by atoms with Crippen molar-refractivity contribution in [3.8, 4) is 23.4 Å². The first-order chi connectivity index (χ1) is 61.8. The summed E-state index contributed by atoms with van der Waals surface area (Å²) in [6, 6.07) is 38.3. The summed E-state index contributed by atoms with van der Waals surface area (Å²) in [4.78, 5) is 118. The Kier molecular flexibility index (Phi) is 28.0. The summed E-state index contributed by atoms with van der Waals surface area (Å²) >= 11 is 0. The minimum absolute atomic E-state index is 0.00788. The molecule has 1 saturated carbocycles. The van der Waals surface area contributed by atoms with Gasteiger partial charge in [-0.25, -0.2) is 48.7 Å². The molecule has 12 heterocycles. The lowest BCUT2D eigenvalue weighted by Gasteiger charge is -2.29. The van der Waals surface area contributed by atoms with Crippen LogP contribution >= 0.6 is 0 Å². The molecule has 4 amide bonds. The van der Waals surface area contributed by atoms with Crippen molar-refractivity contribution in [3.05, 3.63) is 267 Å². The first-order valence-electron chi connectivity index (χ1n) is 39.9. The molecule has 0 unspecified atom stereocenters. The van der Waals surface area contributed by atoms with Gasteiger partial charge in [0.05, 0.1) is 112 Å². The third-order valence-electron chi connectivity index (χ3n) is 19.9. The number of rotatable bonds is 27. The smallest absolute Gasteiger partial charge is 0.250 e. The number of amides is 4. The lowest BCUT2D eigenvalue weighted by atomic mass is 10.1. The van der Waals surface area contributed by atoms with E-state index in [1.165, 1.54) is 51.6 Å². The number of hydrogen-bond donors (Lipinski definition) is 9. The van der Waals surface area contributed by atoms with E-state index in [0.717, 1.165) is 95.7 Å². The molecule has 4 aromatic carbocycles. The summed E-state index contributed by atoms with van der Waals surface area (Å²) in [7, 11) is 4.64. The molecule has 4 aliphatic heterocycles. The van der Waals surface area contributed by atoms with Crippen molar-refractivity contribution in [1.82, 2.24) is 64.7 Å². The van der Waals surface area contributed by atoms with Crippen LogP contribution in [0.5, 0.6) is 23.4 Å². The molecule has 646 valence electrons. The number of hydrogen-bond acceptors (Lipinski definition) is 31. The number of ether oxygens (including phenoxy) is 5. The second kappa shape index (κ2) is 40.9. The molecule has 5 aliphatic rings. The van der Waals surface area contributed by atoms with Crippen LogP contribution in [0.2, 0.25) is 0 Å². The quantitative estimate of drug-likeness (QED) is 0.0170. The molecule has 9 N–H and O–H groups in total. The molecule has 8 aromatic heterocycles. The summed E-state index contributed by atoms with van der Waals surface area (Å²) in [5, 5.41) is 27.5. The number of carbonyl (C=O) groups is 5. The van der Waals surface area contributed by atoms with Crippen LogP contribution in [0.3, 0.4) is 0 Å².